The van der Waals surface area contributed by atoms with Crippen molar-refractivity contribution in [2.24, 2.45) is 0 Å². The van der Waals surface area contributed by atoms with Crippen molar-refractivity contribution < 1.29 is 4.79 Å². The zero-order valence-electron chi connectivity index (χ0n) is 16.4. The van der Waals surface area contributed by atoms with Gasteiger partial charge in [0.2, 0.25) is 0 Å². The molecule has 148 valence electrons. The summed E-state index contributed by atoms with van der Waals surface area (Å²) in [5.74, 6) is 0. The number of urea groups is 1. The smallest absolute Gasteiger partial charge is 0.308 e. The Bertz CT molecular complexity index is 1290. The Labute approximate surface area is 182 Å². The first-order valence-corrected chi connectivity index (χ1v) is 10.9. The van der Waals surface area contributed by atoms with E-state index in [0.29, 0.717) is 11.3 Å². The molecule has 0 unspecified atom stereocenters. The quantitative estimate of drug-likeness (QED) is 0.383. The van der Waals surface area contributed by atoms with Gasteiger partial charge in [-0.15, -0.1) is 11.3 Å². The SMILES string of the molecule is Cc1cc2nccc(Sc3ccc(NC(=O)Nc4cccc(C#N)c4)s3)c2cc1C. The van der Waals surface area contributed by atoms with Crippen molar-refractivity contribution in [3.8, 4) is 6.07 Å². The first-order chi connectivity index (χ1) is 14.5. The molecule has 0 spiro atoms. The summed E-state index contributed by atoms with van der Waals surface area (Å²) in [5.41, 5.74) is 4.52. The Hall–Kier alpha value is -3.34. The van der Waals surface area contributed by atoms with E-state index in [9.17, 15) is 4.79 Å². The zero-order chi connectivity index (χ0) is 21.1. The molecule has 2 aromatic heterocycles. The van der Waals surface area contributed by atoms with E-state index in [1.54, 1.807) is 36.0 Å². The molecule has 30 heavy (non-hydrogen) atoms. The van der Waals surface area contributed by atoms with E-state index in [-0.39, 0.29) is 6.03 Å². The highest BCUT2D eigenvalue weighted by atomic mass is 32.2. The molecule has 2 aromatic carbocycles. The van der Waals surface area contributed by atoms with Gasteiger partial charge in [0.25, 0.3) is 0 Å². The first kappa shape index (κ1) is 20.0. The van der Waals surface area contributed by atoms with Crippen molar-refractivity contribution in [1.29, 1.82) is 5.26 Å². The second-order valence-electron chi connectivity index (χ2n) is 6.76. The summed E-state index contributed by atoms with van der Waals surface area (Å²) in [5, 5.41) is 16.4. The molecule has 0 fully saturated rings. The molecule has 2 heterocycles. The number of thiophene rings is 1. The van der Waals surface area contributed by atoms with Crippen molar-refractivity contribution in [3.63, 3.8) is 0 Å². The molecule has 0 aliphatic heterocycles. The number of carbonyl (C=O) groups excluding carboxylic acids is 1. The second-order valence-corrected chi connectivity index (χ2v) is 9.18. The van der Waals surface area contributed by atoms with Crippen LogP contribution in [-0.4, -0.2) is 11.0 Å². The fraction of sp³-hybridized carbons (Fsp3) is 0.0870. The number of rotatable bonds is 4. The average Bonchev–Trinajstić information content (AvgIpc) is 3.16. The number of fused-ring (bicyclic) bond motifs is 1. The van der Waals surface area contributed by atoms with Crippen LogP contribution in [0.4, 0.5) is 15.5 Å². The van der Waals surface area contributed by atoms with E-state index in [1.165, 1.54) is 22.5 Å². The minimum absolute atomic E-state index is 0.344. The third-order valence-corrected chi connectivity index (χ3v) is 6.80. The van der Waals surface area contributed by atoms with Crippen LogP contribution in [0.5, 0.6) is 0 Å². The average molecular weight is 431 g/mol. The minimum Gasteiger partial charge on any atom is -0.308 e. The fourth-order valence-electron chi connectivity index (χ4n) is 2.96. The molecule has 0 saturated heterocycles. The van der Waals surface area contributed by atoms with Gasteiger partial charge in [0, 0.05) is 22.2 Å². The Balaban J connectivity index is 1.47. The maximum absolute atomic E-state index is 12.3. The van der Waals surface area contributed by atoms with Crippen LogP contribution in [0, 0.1) is 25.2 Å². The number of amides is 2. The van der Waals surface area contributed by atoms with E-state index in [4.69, 9.17) is 5.26 Å². The fourth-order valence-corrected chi connectivity index (χ4v) is 5.05. The van der Waals surface area contributed by atoms with Gasteiger partial charge in [0.05, 0.1) is 26.4 Å². The number of nitriles is 1. The number of nitrogens with one attached hydrogen (secondary N) is 2. The van der Waals surface area contributed by atoms with Crippen molar-refractivity contribution >= 4 is 50.7 Å². The highest BCUT2D eigenvalue weighted by Crippen LogP contribution is 2.38. The summed E-state index contributed by atoms with van der Waals surface area (Å²) in [6, 6.07) is 18.7. The number of aryl methyl sites for hydroxylation is 2. The van der Waals surface area contributed by atoms with E-state index in [1.807, 2.05) is 24.4 Å². The molecule has 4 aromatic rings. The normalized spacial score (nSPS) is 10.6. The van der Waals surface area contributed by atoms with Gasteiger partial charge in [0.15, 0.2) is 0 Å². The molecule has 0 saturated carbocycles. The molecule has 2 amide bonds. The van der Waals surface area contributed by atoms with Crippen LogP contribution < -0.4 is 10.6 Å². The molecule has 0 radical (unpaired) electrons. The molecular weight excluding hydrogens is 412 g/mol. The van der Waals surface area contributed by atoms with E-state index >= 15 is 0 Å². The van der Waals surface area contributed by atoms with Gasteiger partial charge in [-0.1, -0.05) is 17.8 Å². The number of nitrogens with zero attached hydrogens (tertiary/aromatic N) is 2. The summed E-state index contributed by atoms with van der Waals surface area (Å²) in [7, 11) is 0. The molecule has 0 atom stereocenters. The van der Waals surface area contributed by atoms with Crippen LogP contribution in [0.1, 0.15) is 16.7 Å². The lowest BCUT2D eigenvalue weighted by Crippen LogP contribution is -2.18. The molecule has 0 bridgehead atoms. The van der Waals surface area contributed by atoms with Gasteiger partial charge in [-0.05, 0) is 73.5 Å². The number of hydrogen-bond acceptors (Lipinski definition) is 5. The lowest BCUT2D eigenvalue weighted by molar-refractivity contribution is 0.262. The summed E-state index contributed by atoms with van der Waals surface area (Å²) in [6.45, 7) is 4.20. The second kappa shape index (κ2) is 8.57. The maximum Gasteiger partial charge on any atom is 0.324 e. The number of carbonyl (C=O) groups is 1. The Kier molecular flexibility index (Phi) is 5.70. The third kappa shape index (κ3) is 4.46. The molecular formula is C23H18N4OS2. The van der Waals surface area contributed by atoms with Gasteiger partial charge in [-0.2, -0.15) is 5.26 Å². The molecule has 2 N–H and O–H groups in total. The van der Waals surface area contributed by atoms with Gasteiger partial charge < -0.3 is 5.32 Å². The Morgan fingerprint density at radius 1 is 1.07 bits per heavy atom. The van der Waals surface area contributed by atoms with Gasteiger partial charge in [-0.3, -0.25) is 10.3 Å². The lowest BCUT2D eigenvalue weighted by atomic mass is 10.1. The van der Waals surface area contributed by atoms with E-state index < -0.39 is 0 Å². The number of anilines is 2. The predicted octanol–water partition coefficient (Wildman–Crippen LogP) is 6.58. The summed E-state index contributed by atoms with van der Waals surface area (Å²) in [6.07, 6.45) is 1.83. The largest absolute Gasteiger partial charge is 0.324 e. The Morgan fingerprint density at radius 3 is 2.73 bits per heavy atom. The molecule has 0 aliphatic carbocycles. The van der Waals surface area contributed by atoms with E-state index in [0.717, 1.165) is 25.0 Å². The molecule has 0 aliphatic rings. The van der Waals surface area contributed by atoms with Crippen LogP contribution in [0.3, 0.4) is 0 Å². The number of pyridine rings is 1. The number of hydrogen-bond donors (Lipinski definition) is 2. The van der Waals surface area contributed by atoms with Crippen molar-refractivity contribution in [2.45, 2.75) is 23.0 Å². The molecule has 5 nitrogen and oxygen atoms in total. The van der Waals surface area contributed by atoms with Crippen molar-refractivity contribution in [3.05, 3.63) is 77.5 Å². The summed E-state index contributed by atoms with van der Waals surface area (Å²) < 4.78 is 1.07. The number of benzene rings is 2. The summed E-state index contributed by atoms with van der Waals surface area (Å²) >= 11 is 3.17. The van der Waals surface area contributed by atoms with Crippen LogP contribution >= 0.6 is 23.1 Å². The number of aromatic nitrogens is 1. The standard InChI is InChI=1S/C23H18N4OS2/c1-14-10-18-19(11-15(14)2)25-9-8-20(18)29-22-7-6-21(30-22)27-23(28)26-17-5-3-4-16(12-17)13-24/h3-12H,1-2H3,(H2,26,27,28). The van der Waals surface area contributed by atoms with Crippen LogP contribution in [0.25, 0.3) is 10.9 Å². The third-order valence-electron chi connectivity index (χ3n) is 4.60. The monoisotopic (exact) mass is 430 g/mol. The highest BCUT2D eigenvalue weighted by molar-refractivity contribution is 8.01. The first-order valence-electron chi connectivity index (χ1n) is 9.23. The van der Waals surface area contributed by atoms with Crippen molar-refractivity contribution in [2.75, 3.05) is 10.6 Å². The van der Waals surface area contributed by atoms with Crippen LogP contribution in [0.2, 0.25) is 0 Å². The highest BCUT2D eigenvalue weighted by Gasteiger charge is 2.10. The van der Waals surface area contributed by atoms with Crippen LogP contribution in [0.15, 0.2) is 69.9 Å². The predicted molar refractivity (Wildman–Crippen MR) is 123 cm³/mol. The topological polar surface area (TPSA) is 77.8 Å². The lowest BCUT2D eigenvalue weighted by Gasteiger charge is -2.08. The zero-order valence-corrected chi connectivity index (χ0v) is 18.0. The summed E-state index contributed by atoms with van der Waals surface area (Å²) in [4.78, 5) is 17.9. The van der Waals surface area contributed by atoms with Gasteiger partial charge in [0.1, 0.15) is 0 Å². The van der Waals surface area contributed by atoms with Crippen molar-refractivity contribution in [1.82, 2.24) is 4.98 Å². The van der Waals surface area contributed by atoms with Crippen LogP contribution in [-0.2, 0) is 0 Å². The molecule has 7 heteroatoms. The Morgan fingerprint density at radius 2 is 1.90 bits per heavy atom. The van der Waals surface area contributed by atoms with Gasteiger partial charge in [-0.25, -0.2) is 4.79 Å². The maximum atomic E-state index is 12.3. The minimum atomic E-state index is -0.344. The van der Waals surface area contributed by atoms with E-state index in [2.05, 4.69) is 47.7 Å². The van der Waals surface area contributed by atoms with Gasteiger partial charge >= 0.3 is 6.03 Å². The molecule has 4 rings (SSSR count).